The smallest absolute Gasteiger partial charge is 0.243 e. The molecule has 3 rings (SSSR count). The third-order valence-electron chi connectivity index (χ3n) is 5.42. The number of benzene rings is 3. The van der Waals surface area contributed by atoms with Crippen LogP contribution in [0.25, 0.3) is 0 Å². The molecule has 0 heterocycles. The summed E-state index contributed by atoms with van der Waals surface area (Å²) >= 11 is 6.04. The number of nitrogens with one attached hydrogen (secondary N) is 1. The molecule has 0 aliphatic carbocycles. The molecule has 0 saturated heterocycles. The Balaban J connectivity index is 1.87. The summed E-state index contributed by atoms with van der Waals surface area (Å²) in [5.74, 6) is -0.385. The van der Waals surface area contributed by atoms with Gasteiger partial charge in [0.1, 0.15) is 6.04 Å². The topological polar surface area (TPSA) is 69.6 Å². The number of halogens is 1. The van der Waals surface area contributed by atoms with Crippen LogP contribution < -0.4 is 5.32 Å². The average molecular weight is 465 g/mol. The van der Waals surface area contributed by atoms with Crippen molar-refractivity contribution in [3.63, 3.8) is 0 Å². The molecule has 0 fully saturated rings. The van der Waals surface area contributed by atoms with E-state index in [0.717, 1.165) is 16.7 Å². The maximum Gasteiger partial charge on any atom is 0.243 e. The molecule has 0 spiro atoms. The molecule has 0 aliphatic rings. The second-order valence-corrected chi connectivity index (χ2v) is 8.29. The van der Waals surface area contributed by atoms with Crippen LogP contribution in [0.2, 0.25) is 5.02 Å². The summed E-state index contributed by atoms with van der Waals surface area (Å²) < 4.78 is 0. The van der Waals surface area contributed by atoms with E-state index in [0.29, 0.717) is 17.9 Å². The molecular formula is C27H29ClN2O3. The van der Waals surface area contributed by atoms with Crippen molar-refractivity contribution in [2.45, 2.75) is 31.8 Å². The number of amides is 2. The highest BCUT2D eigenvalue weighted by Crippen LogP contribution is 2.18. The van der Waals surface area contributed by atoms with Gasteiger partial charge in [0.2, 0.25) is 11.8 Å². The van der Waals surface area contributed by atoms with Crippen molar-refractivity contribution in [2.24, 2.45) is 0 Å². The second-order valence-electron chi connectivity index (χ2n) is 7.85. The molecule has 33 heavy (non-hydrogen) atoms. The maximum absolute atomic E-state index is 13.5. The van der Waals surface area contributed by atoms with Gasteiger partial charge in [0, 0.05) is 31.0 Å². The first-order valence-corrected chi connectivity index (χ1v) is 11.4. The van der Waals surface area contributed by atoms with Gasteiger partial charge >= 0.3 is 0 Å². The van der Waals surface area contributed by atoms with Crippen molar-refractivity contribution in [3.8, 4) is 0 Å². The fourth-order valence-corrected chi connectivity index (χ4v) is 3.80. The van der Waals surface area contributed by atoms with Crippen LogP contribution >= 0.6 is 11.6 Å². The van der Waals surface area contributed by atoms with Gasteiger partial charge in [0.25, 0.3) is 0 Å². The van der Waals surface area contributed by atoms with E-state index in [1.165, 1.54) is 0 Å². The summed E-state index contributed by atoms with van der Waals surface area (Å²) in [7, 11) is 0. The lowest BCUT2D eigenvalue weighted by Crippen LogP contribution is -2.51. The monoisotopic (exact) mass is 464 g/mol. The lowest BCUT2D eigenvalue weighted by Gasteiger charge is -2.31. The fraction of sp³-hybridized carbons (Fsp3) is 0.259. The summed E-state index contributed by atoms with van der Waals surface area (Å²) in [6.07, 6.45) is 1.26. The minimum atomic E-state index is -0.710. The number of aliphatic hydroxyl groups excluding tert-OH is 1. The van der Waals surface area contributed by atoms with Gasteiger partial charge in [-0.25, -0.2) is 0 Å². The number of hydrogen-bond acceptors (Lipinski definition) is 3. The molecule has 0 unspecified atom stereocenters. The van der Waals surface area contributed by atoms with Crippen molar-refractivity contribution in [3.05, 3.63) is 107 Å². The first-order chi connectivity index (χ1) is 16.1. The summed E-state index contributed by atoms with van der Waals surface area (Å²) in [4.78, 5) is 28.2. The zero-order chi connectivity index (χ0) is 23.5. The Bertz CT molecular complexity index is 1010. The predicted molar refractivity (Wildman–Crippen MR) is 131 cm³/mol. The van der Waals surface area contributed by atoms with Crippen LogP contribution in [0.15, 0.2) is 84.9 Å². The lowest BCUT2D eigenvalue weighted by molar-refractivity contribution is -0.141. The molecule has 3 aromatic carbocycles. The van der Waals surface area contributed by atoms with Crippen molar-refractivity contribution in [2.75, 3.05) is 13.2 Å². The summed E-state index contributed by atoms with van der Waals surface area (Å²) in [6.45, 7) is 0.259. The Morgan fingerprint density at radius 1 is 0.848 bits per heavy atom. The first-order valence-electron chi connectivity index (χ1n) is 11.1. The summed E-state index contributed by atoms with van der Waals surface area (Å²) in [5.41, 5.74) is 2.92. The van der Waals surface area contributed by atoms with Crippen LogP contribution in [-0.4, -0.2) is 41.0 Å². The quantitative estimate of drug-likeness (QED) is 0.450. The highest BCUT2D eigenvalue weighted by Gasteiger charge is 2.30. The minimum Gasteiger partial charge on any atom is -0.395 e. The van der Waals surface area contributed by atoms with E-state index in [1.807, 2.05) is 72.8 Å². The molecular weight excluding hydrogens is 436 g/mol. The number of aryl methyl sites for hydroxylation is 1. The van der Waals surface area contributed by atoms with Gasteiger partial charge < -0.3 is 15.3 Å². The normalized spacial score (nSPS) is 11.6. The SMILES string of the molecule is O=C(NCCO)[C@@H](Cc1ccccc1)N(Cc1ccc(Cl)cc1)C(=O)CCc1ccccc1. The first kappa shape index (κ1) is 24.5. The molecule has 172 valence electrons. The van der Waals surface area contributed by atoms with E-state index >= 15 is 0 Å². The molecule has 0 saturated carbocycles. The van der Waals surface area contributed by atoms with E-state index in [1.54, 1.807) is 17.0 Å². The Hall–Kier alpha value is -3.15. The van der Waals surface area contributed by atoms with Crippen molar-refractivity contribution in [1.82, 2.24) is 10.2 Å². The van der Waals surface area contributed by atoms with E-state index in [4.69, 9.17) is 11.6 Å². The van der Waals surface area contributed by atoms with Crippen LogP contribution in [0, 0.1) is 0 Å². The van der Waals surface area contributed by atoms with Crippen molar-refractivity contribution < 1.29 is 14.7 Å². The van der Waals surface area contributed by atoms with Gasteiger partial charge in [0.05, 0.1) is 6.61 Å². The van der Waals surface area contributed by atoms with Gasteiger partial charge in [-0.1, -0.05) is 84.4 Å². The van der Waals surface area contributed by atoms with E-state index in [9.17, 15) is 14.7 Å². The van der Waals surface area contributed by atoms with Crippen LogP contribution in [0.1, 0.15) is 23.1 Å². The number of carbonyl (C=O) groups is 2. The van der Waals surface area contributed by atoms with Crippen molar-refractivity contribution in [1.29, 1.82) is 0 Å². The molecule has 3 aromatic rings. The van der Waals surface area contributed by atoms with Crippen LogP contribution in [-0.2, 0) is 29.0 Å². The fourth-order valence-electron chi connectivity index (χ4n) is 3.68. The largest absolute Gasteiger partial charge is 0.395 e. The number of rotatable bonds is 11. The van der Waals surface area contributed by atoms with Gasteiger partial charge in [-0.15, -0.1) is 0 Å². The molecule has 0 aliphatic heterocycles. The molecule has 1 atom stereocenters. The average Bonchev–Trinajstić information content (AvgIpc) is 2.85. The minimum absolute atomic E-state index is 0.103. The van der Waals surface area contributed by atoms with Crippen LogP contribution in [0.4, 0.5) is 0 Å². The number of hydrogen-bond donors (Lipinski definition) is 2. The molecule has 0 bridgehead atoms. The molecule has 2 N–H and O–H groups in total. The molecule has 2 amide bonds. The highest BCUT2D eigenvalue weighted by atomic mass is 35.5. The molecule has 0 radical (unpaired) electrons. The van der Waals surface area contributed by atoms with Crippen LogP contribution in [0.3, 0.4) is 0 Å². The maximum atomic E-state index is 13.5. The van der Waals surface area contributed by atoms with Gasteiger partial charge in [-0.05, 0) is 35.2 Å². The van der Waals surface area contributed by atoms with Crippen LogP contribution in [0.5, 0.6) is 0 Å². The predicted octanol–water partition coefficient (Wildman–Crippen LogP) is 4.02. The number of nitrogens with zero attached hydrogens (tertiary/aromatic N) is 1. The third kappa shape index (κ3) is 7.74. The Morgan fingerprint density at radius 2 is 1.45 bits per heavy atom. The molecule has 0 aromatic heterocycles. The Labute approximate surface area is 200 Å². The van der Waals surface area contributed by atoms with E-state index in [-0.39, 0.29) is 37.9 Å². The number of aliphatic hydroxyl groups is 1. The lowest BCUT2D eigenvalue weighted by atomic mass is 10.0. The van der Waals surface area contributed by atoms with Gasteiger partial charge in [0.15, 0.2) is 0 Å². The third-order valence-corrected chi connectivity index (χ3v) is 5.67. The highest BCUT2D eigenvalue weighted by molar-refractivity contribution is 6.30. The standard InChI is InChI=1S/C27H29ClN2O3/c28-24-14-11-23(12-15-24)20-30(26(32)16-13-21-7-3-1-4-8-21)25(27(33)29-17-18-31)19-22-9-5-2-6-10-22/h1-12,14-15,25,31H,13,16-20H2,(H,29,33)/t25-/m1/s1. The van der Waals surface area contributed by atoms with E-state index in [2.05, 4.69) is 5.32 Å². The zero-order valence-electron chi connectivity index (χ0n) is 18.5. The second kappa shape index (κ2) is 12.8. The Kier molecular flexibility index (Phi) is 9.48. The molecule has 6 heteroatoms. The molecule has 5 nitrogen and oxygen atoms in total. The van der Waals surface area contributed by atoms with Gasteiger partial charge in [-0.2, -0.15) is 0 Å². The summed E-state index contributed by atoms with van der Waals surface area (Å²) in [5, 5.41) is 12.6. The zero-order valence-corrected chi connectivity index (χ0v) is 19.2. The number of carbonyl (C=O) groups excluding carboxylic acids is 2. The Morgan fingerprint density at radius 3 is 2.06 bits per heavy atom. The van der Waals surface area contributed by atoms with Gasteiger partial charge in [-0.3, -0.25) is 9.59 Å². The summed E-state index contributed by atoms with van der Waals surface area (Å²) in [6, 6.07) is 26.0. The van der Waals surface area contributed by atoms with Crippen molar-refractivity contribution >= 4 is 23.4 Å². The van der Waals surface area contributed by atoms with E-state index < -0.39 is 6.04 Å².